The molecule has 2 aliphatic rings. The van der Waals surface area contributed by atoms with E-state index in [0.29, 0.717) is 17.1 Å². The number of carbonyl (C=O) groups excluding carboxylic acids is 1. The molecule has 5 aromatic rings. The summed E-state index contributed by atoms with van der Waals surface area (Å²) >= 11 is 0. The SMILES string of the molecule is COc1ccc(C(OC[C@H]2OC(n3cc(C)c(=O)[nH]c3=O)C[C@@H]2CC(=O)NC[C@H]2OC(n3cc(C)c(=O)[nH]c3=O)C(OC)C2OP(OCCC#N)N(C(C)C)C(C)C)(c2ccccc2)c2ccc(OC)cc2)cc1. The van der Waals surface area contributed by atoms with Crippen LogP contribution in [0.5, 0.6) is 11.5 Å². The van der Waals surface area contributed by atoms with Gasteiger partial charge in [0, 0.05) is 61.6 Å². The lowest BCUT2D eigenvalue weighted by Crippen LogP contribution is -2.44. The van der Waals surface area contributed by atoms with Crippen LogP contribution in [0.2, 0.25) is 0 Å². The van der Waals surface area contributed by atoms with E-state index in [4.69, 9.17) is 37.5 Å². The molecule has 74 heavy (non-hydrogen) atoms. The molecule has 396 valence electrons. The van der Waals surface area contributed by atoms with Crippen LogP contribution in [0.1, 0.15) is 87.2 Å². The number of nitrogens with zero attached hydrogens (tertiary/aromatic N) is 4. The number of hydrogen-bond donors (Lipinski definition) is 3. The maximum absolute atomic E-state index is 14.5. The van der Waals surface area contributed by atoms with Crippen LogP contribution in [-0.2, 0) is 38.4 Å². The summed E-state index contributed by atoms with van der Waals surface area (Å²) in [5, 5.41) is 12.4. The molecule has 5 unspecified atom stereocenters. The largest absolute Gasteiger partial charge is 0.497 e. The fraction of sp³-hybridized carbons (Fsp3) is 0.472. The lowest BCUT2D eigenvalue weighted by atomic mass is 9.80. The summed E-state index contributed by atoms with van der Waals surface area (Å²) in [6.45, 7) is 11.0. The van der Waals surface area contributed by atoms with Crippen molar-refractivity contribution in [3.05, 3.63) is 161 Å². The molecule has 2 fully saturated rings. The molecule has 8 atom stereocenters. The van der Waals surface area contributed by atoms with Crippen molar-refractivity contribution in [1.82, 2.24) is 29.1 Å². The highest BCUT2D eigenvalue weighted by molar-refractivity contribution is 7.44. The number of aromatic nitrogens is 4. The van der Waals surface area contributed by atoms with Crippen molar-refractivity contribution in [2.75, 3.05) is 41.1 Å². The van der Waals surface area contributed by atoms with Crippen molar-refractivity contribution in [2.24, 2.45) is 5.92 Å². The zero-order chi connectivity index (χ0) is 53.3. The van der Waals surface area contributed by atoms with E-state index in [2.05, 4.69) is 21.4 Å². The van der Waals surface area contributed by atoms with Crippen LogP contribution in [0.3, 0.4) is 0 Å². The van der Waals surface area contributed by atoms with Gasteiger partial charge in [-0.3, -0.25) is 33.5 Å². The number of rotatable bonds is 23. The number of aryl methyl sites for hydroxylation is 2. The number of amides is 1. The average molecular weight is 1040 g/mol. The summed E-state index contributed by atoms with van der Waals surface area (Å²) < 4.78 is 55.4. The molecule has 20 nitrogen and oxygen atoms in total. The van der Waals surface area contributed by atoms with Gasteiger partial charge < -0.3 is 42.8 Å². The van der Waals surface area contributed by atoms with Gasteiger partial charge in [0.2, 0.25) is 5.91 Å². The van der Waals surface area contributed by atoms with E-state index in [1.54, 1.807) is 28.1 Å². The normalized spacial score (nSPS) is 21.3. The van der Waals surface area contributed by atoms with E-state index < -0.39 is 85.3 Å². The molecule has 3 aromatic carbocycles. The molecular weight excluding hydrogens is 974 g/mol. The predicted molar refractivity (Wildman–Crippen MR) is 275 cm³/mol. The quantitative estimate of drug-likeness (QED) is 0.0403. The Labute approximate surface area is 430 Å². The molecule has 2 aromatic heterocycles. The molecule has 0 aliphatic carbocycles. The Kier molecular flexibility index (Phi) is 18.6. The van der Waals surface area contributed by atoms with Crippen LogP contribution in [0.25, 0.3) is 0 Å². The fourth-order valence-electron chi connectivity index (χ4n) is 9.60. The number of nitriles is 1. The summed E-state index contributed by atoms with van der Waals surface area (Å²) in [5.41, 5.74) is -0.811. The molecule has 1 amide bonds. The summed E-state index contributed by atoms with van der Waals surface area (Å²) in [7, 11) is 2.77. The number of benzene rings is 3. The van der Waals surface area contributed by atoms with Gasteiger partial charge >= 0.3 is 11.4 Å². The lowest BCUT2D eigenvalue weighted by Gasteiger charge is -2.38. The molecule has 4 heterocycles. The maximum Gasteiger partial charge on any atom is 0.330 e. The number of H-pyrrole nitrogens is 2. The number of nitrogens with one attached hydrogen (secondary N) is 3. The molecule has 2 saturated heterocycles. The Morgan fingerprint density at radius 2 is 1.35 bits per heavy atom. The number of ether oxygens (including phenoxy) is 6. The summed E-state index contributed by atoms with van der Waals surface area (Å²) in [4.78, 5) is 70.9. The third-order valence-electron chi connectivity index (χ3n) is 13.3. The first-order chi connectivity index (χ1) is 35.5. The van der Waals surface area contributed by atoms with Crippen LogP contribution in [0, 0.1) is 31.1 Å². The van der Waals surface area contributed by atoms with Crippen LogP contribution in [-0.4, -0.2) is 107 Å². The molecule has 0 radical (unpaired) electrons. The van der Waals surface area contributed by atoms with Crippen molar-refractivity contribution in [3.8, 4) is 17.6 Å². The third kappa shape index (κ3) is 12.3. The van der Waals surface area contributed by atoms with Gasteiger partial charge in [0.25, 0.3) is 19.6 Å². The predicted octanol–water partition coefficient (Wildman–Crippen LogP) is 5.71. The summed E-state index contributed by atoms with van der Waals surface area (Å²) in [6, 6.07) is 26.9. The standard InChI is InChI=1S/C53H66N7O13P/c1-32(2)60(33(3)4)74(70-25-13-24-54)73-46-42(72-50(47(46)68-9)59-30-35(6)49(63)57-52(59)65)28-55-44(61)26-36-27-45(58-29-34(5)48(62)56-51(58)64)71-43(36)31-69-53(37-14-11-10-12-15-37,38-16-20-40(66-7)21-17-38)39-18-22-41(67-8)23-19-39/h10-12,14-23,29-30,32-33,36,42-43,45-47,50H,13,25-28,31H2,1-9H3,(H,55,61)(H,56,62,64)(H,57,63,65)/t36-,42+,43+,45?,46?,47?,50?,74?/m0/s1. The number of methoxy groups -OCH3 is 3. The Balaban J connectivity index is 1.22. The van der Waals surface area contributed by atoms with Gasteiger partial charge in [-0.2, -0.15) is 5.26 Å². The van der Waals surface area contributed by atoms with Crippen molar-refractivity contribution < 1.29 is 42.3 Å². The average Bonchev–Trinajstić information content (AvgIpc) is 3.95. The maximum atomic E-state index is 14.5. The molecule has 21 heteroatoms. The van der Waals surface area contributed by atoms with Gasteiger partial charge in [-0.15, -0.1) is 0 Å². The van der Waals surface area contributed by atoms with Gasteiger partial charge in [0.15, 0.2) is 6.23 Å². The van der Waals surface area contributed by atoms with E-state index in [1.165, 1.54) is 28.6 Å². The first-order valence-corrected chi connectivity index (χ1v) is 25.6. The highest BCUT2D eigenvalue weighted by atomic mass is 31.2. The Hall–Kier alpha value is -6.27. The third-order valence-corrected chi connectivity index (χ3v) is 15.4. The Morgan fingerprint density at radius 3 is 1.89 bits per heavy atom. The van der Waals surface area contributed by atoms with E-state index >= 15 is 0 Å². The van der Waals surface area contributed by atoms with Crippen LogP contribution in [0.4, 0.5) is 0 Å². The van der Waals surface area contributed by atoms with E-state index in [0.717, 1.165) is 16.7 Å². The zero-order valence-corrected chi connectivity index (χ0v) is 44.0. The number of carbonyl (C=O) groups is 1. The van der Waals surface area contributed by atoms with Crippen molar-refractivity contribution in [2.45, 2.75) is 115 Å². The first kappa shape index (κ1) is 55.5. The fourth-order valence-corrected chi connectivity index (χ4v) is 11.4. The van der Waals surface area contributed by atoms with Gasteiger partial charge in [0.1, 0.15) is 41.6 Å². The molecule has 3 N–H and O–H groups in total. The summed E-state index contributed by atoms with van der Waals surface area (Å²) in [5.74, 6) is 0.342. The van der Waals surface area contributed by atoms with Crippen LogP contribution in [0.15, 0.2) is 110 Å². The summed E-state index contributed by atoms with van der Waals surface area (Å²) in [6.07, 6.45) is -2.58. The van der Waals surface area contributed by atoms with Gasteiger partial charge in [-0.25, -0.2) is 14.3 Å². The Bertz CT molecular complexity index is 2900. The highest BCUT2D eigenvalue weighted by Crippen LogP contribution is 2.51. The van der Waals surface area contributed by atoms with E-state index in [1.807, 2.05) is 111 Å². The minimum atomic E-state index is -1.87. The molecular formula is C53H66N7O13P. The van der Waals surface area contributed by atoms with Crippen molar-refractivity contribution in [1.29, 1.82) is 5.26 Å². The van der Waals surface area contributed by atoms with Gasteiger partial charge in [-0.1, -0.05) is 54.6 Å². The number of hydrogen-bond acceptors (Lipinski definition) is 15. The molecule has 0 spiro atoms. The second kappa shape index (κ2) is 24.8. The number of aromatic amines is 2. The van der Waals surface area contributed by atoms with E-state index in [9.17, 15) is 29.2 Å². The van der Waals surface area contributed by atoms with Crippen LogP contribution < -0.4 is 37.3 Å². The minimum Gasteiger partial charge on any atom is -0.497 e. The van der Waals surface area contributed by atoms with Gasteiger partial charge in [-0.05, 0) is 88.9 Å². The van der Waals surface area contributed by atoms with Crippen LogP contribution >= 0.6 is 8.53 Å². The molecule has 7 rings (SSSR count). The van der Waals surface area contributed by atoms with Gasteiger partial charge in [0.05, 0.1) is 46.0 Å². The Morgan fingerprint density at radius 1 is 0.797 bits per heavy atom. The topological polar surface area (TPSA) is 240 Å². The highest BCUT2D eigenvalue weighted by Gasteiger charge is 2.50. The molecule has 0 saturated carbocycles. The van der Waals surface area contributed by atoms with E-state index in [-0.39, 0.29) is 56.7 Å². The molecule has 2 aliphatic heterocycles. The minimum absolute atomic E-state index is 0.0551. The monoisotopic (exact) mass is 1040 g/mol. The first-order valence-electron chi connectivity index (χ1n) is 24.5. The van der Waals surface area contributed by atoms with Crippen molar-refractivity contribution >= 4 is 14.4 Å². The molecule has 0 bridgehead atoms. The second-order valence-corrected chi connectivity index (χ2v) is 20.2. The zero-order valence-electron chi connectivity index (χ0n) is 43.1. The smallest absolute Gasteiger partial charge is 0.330 e. The second-order valence-electron chi connectivity index (χ2n) is 18.8. The lowest BCUT2D eigenvalue weighted by molar-refractivity contribution is -0.124. The van der Waals surface area contributed by atoms with Crippen molar-refractivity contribution in [3.63, 3.8) is 0 Å².